The van der Waals surface area contributed by atoms with Gasteiger partial charge in [0.25, 0.3) is 0 Å². The number of hydrogen-bond donors (Lipinski definition) is 1. The first-order valence-electron chi connectivity index (χ1n) is 4.43. The molecule has 1 aromatic rings. The predicted octanol–water partition coefficient (Wildman–Crippen LogP) is 2.30. The molecule has 78 valence electrons. The molecule has 0 amide bonds. The Bertz CT molecular complexity index is 306. The van der Waals surface area contributed by atoms with E-state index in [4.69, 9.17) is 9.29 Å². The van der Waals surface area contributed by atoms with Gasteiger partial charge in [-0.15, -0.1) is 0 Å². The standard InChI is InChI=1S/C10H14O3S/c1-8(2)7-13-9-3-5-10(6-4-9)14(11)12/h3-6,8H,7H2,1-2H3,(H,11,12). The topological polar surface area (TPSA) is 46.5 Å². The molecule has 3 nitrogen and oxygen atoms in total. The molecule has 0 aliphatic rings. The fraction of sp³-hybridized carbons (Fsp3) is 0.400. The van der Waals surface area contributed by atoms with E-state index in [0.717, 1.165) is 5.75 Å². The molecule has 4 heteroatoms. The summed E-state index contributed by atoms with van der Waals surface area (Å²) in [5, 5.41) is 0. The van der Waals surface area contributed by atoms with Crippen LogP contribution in [0, 0.1) is 5.92 Å². The Morgan fingerprint density at radius 2 is 1.93 bits per heavy atom. The van der Waals surface area contributed by atoms with Crippen LogP contribution in [0.1, 0.15) is 13.8 Å². The Kier molecular flexibility index (Phi) is 4.10. The summed E-state index contributed by atoms with van der Waals surface area (Å²) in [6.07, 6.45) is 0. The average Bonchev–Trinajstić information content (AvgIpc) is 2.15. The number of ether oxygens (including phenoxy) is 1. The third-order valence-corrected chi connectivity index (χ3v) is 2.28. The van der Waals surface area contributed by atoms with E-state index in [1.807, 2.05) is 0 Å². The fourth-order valence-electron chi connectivity index (χ4n) is 0.915. The van der Waals surface area contributed by atoms with Gasteiger partial charge in [0, 0.05) is 0 Å². The van der Waals surface area contributed by atoms with Crippen molar-refractivity contribution >= 4 is 11.1 Å². The highest BCUT2D eigenvalue weighted by Crippen LogP contribution is 2.14. The first-order chi connectivity index (χ1) is 6.59. The molecule has 1 aromatic carbocycles. The van der Waals surface area contributed by atoms with Crippen LogP contribution >= 0.6 is 0 Å². The second-order valence-corrected chi connectivity index (χ2v) is 4.40. The molecule has 0 saturated carbocycles. The monoisotopic (exact) mass is 214 g/mol. The second kappa shape index (κ2) is 5.12. The van der Waals surface area contributed by atoms with Crippen molar-refractivity contribution in [1.29, 1.82) is 0 Å². The molecule has 1 rings (SSSR count). The lowest BCUT2D eigenvalue weighted by Crippen LogP contribution is -2.04. The minimum atomic E-state index is -1.91. The summed E-state index contributed by atoms with van der Waals surface area (Å²) in [7, 11) is 0. The smallest absolute Gasteiger partial charge is 0.186 e. The third-order valence-electron chi connectivity index (χ3n) is 1.61. The Labute approximate surface area is 86.4 Å². The molecule has 0 radical (unpaired) electrons. The van der Waals surface area contributed by atoms with Gasteiger partial charge < -0.3 is 9.29 Å². The quantitative estimate of drug-likeness (QED) is 0.782. The van der Waals surface area contributed by atoms with Gasteiger partial charge in [-0.3, -0.25) is 0 Å². The van der Waals surface area contributed by atoms with Crippen molar-refractivity contribution < 1.29 is 13.5 Å². The van der Waals surface area contributed by atoms with Gasteiger partial charge in [-0.1, -0.05) is 13.8 Å². The highest BCUT2D eigenvalue weighted by molar-refractivity contribution is 7.79. The molecule has 0 aliphatic carbocycles. The van der Waals surface area contributed by atoms with Crippen LogP contribution in [-0.2, 0) is 11.1 Å². The van der Waals surface area contributed by atoms with Gasteiger partial charge in [-0.2, -0.15) is 0 Å². The maximum absolute atomic E-state index is 10.6. The van der Waals surface area contributed by atoms with E-state index in [2.05, 4.69) is 13.8 Å². The number of hydrogen-bond acceptors (Lipinski definition) is 2. The molecule has 0 fully saturated rings. The van der Waals surface area contributed by atoms with Crippen LogP contribution in [-0.4, -0.2) is 15.4 Å². The van der Waals surface area contributed by atoms with E-state index < -0.39 is 11.1 Å². The normalized spacial score (nSPS) is 12.9. The van der Waals surface area contributed by atoms with Crippen LogP contribution in [0.2, 0.25) is 0 Å². The second-order valence-electron chi connectivity index (χ2n) is 3.43. The van der Waals surface area contributed by atoms with Gasteiger partial charge in [0.2, 0.25) is 0 Å². The molecular weight excluding hydrogens is 200 g/mol. The molecule has 0 heterocycles. The van der Waals surface area contributed by atoms with Crippen LogP contribution in [0.4, 0.5) is 0 Å². The highest BCUT2D eigenvalue weighted by Gasteiger charge is 2.00. The maximum Gasteiger partial charge on any atom is 0.186 e. The zero-order valence-corrected chi connectivity index (χ0v) is 9.08. The van der Waals surface area contributed by atoms with Crippen molar-refractivity contribution in [3.63, 3.8) is 0 Å². The summed E-state index contributed by atoms with van der Waals surface area (Å²) in [6, 6.07) is 6.58. The maximum atomic E-state index is 10.6. The third kappa shape index (κ3) is 3.47. The Morgan fingerprint density at radius 3 is 2.36 bits per heavy atom. The largest absolute Gasteiger partial charge is 0.493 e. The summed E-state index contributed by atoms with van der Waals surface area (Å²) in [4.78, 5) is 0.391. The zero-order chi connectivity index (χ0) is 10.6. The van der Waals surface area contributed by atoms with E-state index in [1.54, 1.807) is 24.3 Å². The SMILES string of the molecule is CC(C)COc1ccc(S(=O)O)cc1. The van der Waals surface area contributed by atoms with Crippen molar-refractivity contribution in [3.8, 4) is 5.75 Å². The predicted molar refractivity (Wildman–Crippen MR) is 55.8 cm³/mol. The average molecular weight is 214 g/mol. The van der Waals surface area contributed by atoms with Crippen molar-refractivity contribution in [2.45, 2.75) is 18.7 Å². The Hall–Kier alpha value is -0.870. The molecular formula is C10H14O3S. The summed E-state index contributed by atoms with van der Waals surface area (Å²) < 4.78 is 24.8. The Balaban J connectivity index is 2.60. The molecule has 14 heavy (non-hydrogen) atoms. The van der Waals surface area contributed by atoms with Crippen LogP contribution in [0.3, 0.4) is 0 Å². The van der Waals surface area contributed by atoms with E-state index in [-0.39, 0.29) is 0 Å². The van der Waals surface area contributed by atoms with E-state index in [0.29, 0.717) is 17.4 Å². The van der Waals surface area contributed by atoms with E-state index in [1.165, 1.54) is 0 Å². The van der Waals surface area contributed by atoms with Gasteiger partial charge >= 0.3 is 0 Å². The lowest BCUT2D eigenvalue weighted by atomic mass is 10.2. The Morgan fingerprint density at radius 1 is 1.36 bits per heavy atom. The summed E-state index contributed by atoms with van der Waals surface area (Å²) in [5.74, 6) is 1.20. The molecule has 1 atom stereocenters. The molecule has 1 N–H and O–H groups in total. The fourth-order valence-corrected chi connectivity index (χ4v) is 1.28. The van der Waals surface area contributed by atoms with Gasteiger partial charge in [0.15, 0.2) is 11.1 Å². The summed E-state index contributed by atoms with van der Waals surface area (Å²) in [6.45, 7) is 4.79. The first kappa shape index (κ1) is 11.2. The molecule has 1 unspecified atom stereocenters. The van der Waals surface area contributed by atoms with E-state index >= 15 is 0 Å². The van der Waals surface area contributed by atoms with Gasteiger partial charge in [0.1, 0.15) is 5.75 Å². The van der Waals surface area contributed by atoms with Crippen LogP contribution in [0.5, 0.6) is 5.75 Å². The highest BCUT2D eigenvalue weighted by atomic mass is 32.2. The summed E-state index contributed by atoms with van der Waals surface area (Å²) >= 11 is -1.91. The number of rotatable bonds is 4. The van der Waals surface area contributed by atoms with Crippen molar-refractivity contribution in [3.05, 3.63) is 24.3 Å². The molecule has 0 aromatic heterocycles. The lowest BCUT2D eigenvalue weighted by molar-refractivity contribution is 0.271. The van der Waals surface area contributed by atoms with Gasteiger partial charge in [-0.25, -0.2) is 4.21 Å². The van der Waals surface area contributed by atoms with Crippen molar-refractivity contribution in [2.24, 2.45) is 5.92 Å². The van der Waals surface area contributed by atoms with Crippen molar-refractivity contribution in [2.75, 3.05) is 6.61 Å². The zero-order valence-electron chi connectivity index (χ0n) is 8.27. The van der Waals surface area contributed by atoms with Crippen molar-refractivity contribution in [1.82, 2.24) is 0 Å². The van der Waals surface area contributed by atoms with E-state index in [9.17, 15) is 4.21 Å². The first-order valence-corrected chi connectivity index (χ1v) is 5.54. The number of benzene rings is 1. The summed E-state index contributed by atoms with van der Waals surface area (Å²) in [5.41, 5.74) is 0. The van der Waals surface area contributed by atoms with Gasteiger partial charge in [0.05, 0.1) is 11.5 Å². The molecule has 0 aliphatic heterocycles. The minimum absolute atomic E-state index is 0.391. The molecule has 0 saturated heterocycles. The molecule has 0 spiro atoms. The van der Waals surface area contributed by atoms with Crippen LogP contribution in [0.15, 0.2) is 29.2 Å². The van der Waals surface area contributed by atoms with Crippen LogP contribution in [0.25, 0.3) is 0 Å². The van der Waals surface area contributed by atoms with Gasteiger partial charge in [-0.05, 0) is 30.2 Å². The minimum Gasteiger partial charge on any atom is -0.493 e. The molecule has 0 bridgehead atoms. The lowest BCUT2D eigenvalue weighted by Gasteiger charge is -2.08. The van der Waals surface area contributed by atoms with Crippen LogP contribution < -0.4 is 4.74 Å².